The fourth-order valence-electron chi connectivity index (χ4n) is 2.52. The van der Waals surface area contributed by atoms with E-state index in [1.54, 1.807) is 12.1 Å². The minimum absolute atomic E-state index is 0.109. The van der Waals surface area contributed by atoms with Crippen molar-refractivity contribution in [3.63, 3.8) is 0 Å². The van der Waals surface area contributed by atoms with Crippen LogP contribution in [0.15, 0.2) is 24.3 Å². The maximum absolute atomic E-state index is 12.1. The first-order chi connectivity index (χ1) is 9.60. The number of hydrogen-bond donors (Lipinski definition) is 2. The summed E-state index contributed by atoms with van der Waals surface area (Å²) in [5.74, 6) is -0.812. The maximum Gasteiger partial charge on any atom is 0.306 e. The Hall–Kier alpha value is -2.04. The molecule has 2 rings (SSSR count). The van der Waals surface area contributed by atoms with Gasteiger partial charge in [-0.25, -0.2) is 0 Å². The van der Waals surface area contributed by atoms with Gasteiger partial charge in [-0.05, 0) is 38.3 Å². The lowest BCUT2D eigenvalue weighted by Crippen LogP contribution is -2.21. The molecule has 1 saturated carbocycles. The predicted molar refractivity (Wildman–Crippen MR) is 74.7 cm³/mol. The third kappa shape index (κ3) is 3.50. The summed E-state index contributed by atoms with van der Waals surface area (Å²) >= 11 is 0. The first-order valence-corrected chi connectivity index (χ1v) is 6.86. The van der Waals surface area contributed by atoms with Gasteiger partial charge in [0.05, 0.1) is 12.5 Å². The molecule has 0 radical (unpaired) electrons. The molecule has 1 aliphatic rings. The summed E-state index contributed by atoms with van der Waals surface area (Å²) < 4.78 is 5.37. The van der Waals surface area contributed by atoms with E-state index in [1.165, 1.54) is 0 Å². The monoisotopic (exact) mass is 277 g/mol. The Balaban J connectivity index is 1.95. The number of nitrogens with one attached hydrogen (secondary N) is 1. The van der Waals surface area contributed by atoms with Crippen LogP contribution in [0, 0.1) is 11.8 Å². The zero-order valence-electron chi connectivity index (χ0n) is 11.5. The van der Waals surface area contributed by atoms with Crippen molar-refractivity contribution < 1.29 is 19.4 Å². The Labute approximate surface area is 117 Å². The second-order valence-electron chi connectivity index (χ2n) is 5.00. The number of benzene rings is 1. The van der Waals surface area contributed by atoms with Crippen molar-refractivity contribution in [3.05, 3.63) is 24.3 Å². The number of anilines is 1. The second kappa shape index (κ2) is 6.41. The van der Waals surface area contributed by atoms with Gasteiger partial charge in [0.1, 0.15) is 5.75 Å². The van der Waals surface area contributed by atoms with Crippen LogP contribution in [0.4, 0.5) is 5.69 Å². The molecule has 5 nitrogen and oxygen atoms in total. The van der Waals surface area contributed by atoms with Crippen LogP contribution in [0.1, 0.15) is 26.2 Å². The third-order valence-corrected chi connectivity index (χ3v) is 3.57. The van der Waals surface area contributed by atoms with Crippen molar-refractivity contribution in [1.29, 1.82) is 0 Å². The fourth-order valence-corrected chi connectivity index (χ4v) is 2.52. The summed E-state index contributed by atoms with van der Waals surface area (Å²) in [7, 11) is 0. The summed E-state index contributed by atoms with van der Waals surface area (Å²) in [4.78, 5) is 23.0. The van der Waals surface area contributed by atoms with Crippen LogP contribution in [0.5, 0.6) is 5.75 Å². The van der Waals surface area contributed by atoms with Crippen molar-refractivity contribution in [3.8, 4) is 5.75 Å². The Kier molecular flexibility index (Phi) is 4.61. The molecule has 0 spiro atoms. The van der Waals surface area contributed by atoms with E-state index >= 15 is 0 Å². The standard InChI is InChI=1S/C15H19NO4/c1-2-20-13-5-3-4-12(9-13)16-14(17)10-6-7-11(8-10)15(18)19/h3-5,9-11H,2,6-8H2,1H3,(H,16,17)(H,18,19). The molecule has 20 heavy (non-hydrogen) atoms. The molecule has 5 heteroatoms. The number of hydrogen-bond acceptors (Lipinski definition) is 3. The number of ether oxygens (including phenoxy) is 1. The van der Waals surface area contributed by atoms with Crippen LogP contribution in [0.3, 0.4) is 0 Å². The molecular weight excluding hydrogens is 258 g/mol. The van der Waals surface area contributed by atoms with Crippen LogP contribution >= 0.6 is 0 Å². The Bertz CT molecular complexity index is 500. The number of carbonyl (C=O) groups is 2. The Morgan fingerprint density at radius 1 is 1.35 bits per heavy atom. The highest BCUT2D eigenvalue weighted by Crippen LogP contribution is 2.32. The van der Waals surface area contributed by atoms with Crippen molar-refractivity contribution in [2.75, 3.05) is 11.9 Å². The summed E-state index contributed by atoms with van der Waals surface area (Å²) in [6, 6.07) is 7.21. The molecule has 2 atom stereocenters. The molecule has 0 aliphatic heterocycles. The van der Waals surface area contributed by atoms with Crippen LogP contribution in [0.25, 0.3) is 0 Å². The average Bonchev–Trinajstić information content (AvgIpc) is 2.89. The van der Waals surface area contributed by atoms with Gasteiger partial charge >= 0.3 is 5.97 Å². The maximum atomic E-state index is 12.1. The first kappa shape index (κ1) is 14.4. The van der Waals surface area contributed by atoms with E-state index < -0.39 is 5.97 Å². The van der Waals surface area contributed by atoms with E-state index in [0.29, 0.717) is 37.3 Å². The lowest BCUT2D eigenvalue weighted by molar-refractivity contribution is -0.141. The van der Waals surface area contributed by atoms with Crippen molar-refractivity contribution in [2.24, 2.45) is 11.8 Å². The van der Waals surface area contributed by atoms with E-state index in [-0.39, 0.29) is 17.7 Å². The molecule has 108 valence electrons. The molecule has 0 bridgehead atoms. The third-order valence-electron chi connectivity index (χ3n) is 3.57. The number of amides is 1. The summed E-state index contributed by atoms with van der Waals surface area (Å²) in [5.41, 5.74) is 0.680. The van der Waals surface area contributed by atoms with Crippen molar-refractivity contribution in [2.45, 2.75) is 26.2 Å². The number of aliphatic carboxylic acids is 1. The van der Waals surface area contributed by atoms with Gasteiger partial charge in [0, 0.05) is 17.7 Å². The molecule has 2 N–H and O–H groups in total. The lowest BCUT2D eigenvalue weighted by Gasteiger charge is -2.12. The molecule has 0 saturated heterocycles. The highest BCUT2D eigenvalue weighted by atomic mass is 16.5. The smallest absolute Gasteiger partial charge is 0.306 e. The van der Waals surface area contributed by atoms with Crippen LogP contribution in [0.2, 0.25) is 0 Å². The zero-order chi connectivity index (χ0) is 14.5. The normalized spacial score (nSPS) is 21.4. The topological polar surface area (TPSA) is 75.6 Å². The van der Waals surface area contributed by atoms with E-state index in [0.717, 1.165) is 0 Å². The van der Waals surface area contributed by atoms with E-state index in [9.17, 15) is 9.59 Å². The van der Waals surface area contributed by atoms with E-state index in [4.69, 9.17) is 9.84 Å². The first-order valence-electron chi connectivity index (χ1n) is 6.86. The van der Waals surface area contributed by atoms with Gasteiger partial charge in [-0.1, -0.05) is 6.07 Å². The van der Waals surface area contributed by atoms with Crippen LogP contribution in [-0.4, -0.2) is 23.6 Å². The average molecular weight is 277 g/mol. The minimum atomic E-state index is -0.807. The van der Waals surface area contributed by atoms with Crippen LogP contribution in [-0.2, 0) is 9.59 Å². The van der Waals surface area contributed by atoms with Gasteiger partial charge in [0.2, 0.25) is 5.91 Å². The molecule has 2 unspecified atom stereocenters. The summed E-state index contributed by atoms with van der Waals surface area (Å²) in [6.07, 6.45) is 1.63. The quantitative estimate of drug-likeness (QED) is 0.867. The Morgan fingerprint density at radius 3 is 2.75 bits per heavy atom. The van der Waals surface area contributed by atoms with Gasteiger partial charge in [0.15, 0.2) is 0 Å². The number of carbonyl (C=O) groups excluding carboxylic acids is 1. The number of carboxylic acids is 1. The van der Waals surface area contributed by atoms with Gasteiger partial charge in [-0.2, -0.15) is 0 Å². The summed E-state index contributed by atoms with van der Waals surface area (Å²) in [5, 5.41) is 11.8. The molecule has 1 aromatic rings. The second-order valence-corrected chi connectivity index (χ2v) is 5.00. The van der Waals surface area contributed by atoms with Crippen LogP contribution < -0.4 is 10.1 Å². The number of carboxylic acid groups (broad SMARTS) is 1. The minimum Gasteiger partial charge on any atom is -0.494 e. The predicted octanol–water partition coefficient (Wildman–Crippen LogP) is 2.52. The molecular formula is C15H19NO4. The largest absolute Gasteiger partial charge is 0.494 e. The van der Waals surface area contributed by atoms with Gasteiger partial charge < -0.3 is 15.2 Å². The van der Waals surface area contributed by atoms with Gasteiger partial charge in [0.25, 0.3) is 0 Å². The SMILES string of the molecule is CCOc1cccc(NC(=O)C2CCC(C(=O)O)C2)c1. The molecule has 1 amide bonds. The highest BCUT2D eigenvalue weighted by molar-refractivity contribution is 5.93. The Morgan fingerprint density at radius 2 is 2.10 bits per heavy atom. The van der Waals surface area contributed by atoms with E-state index in [2.05, 4.69) is 5.32 Å². The molecule has 1 fully saturated rings. The molecule has 1 aliphatic carbocycles. The van der Waals surface area contributed by atoms with Gasteiger partial charge in [-0.15, -0.1) is 0 Å². The summed E-state index contributed by atoms with van der Waals surface area (Å²) in [6.45, 7) is 2.47. The molecule has 1 aromatic carbocycles. The zero-order valence-corrected chi connectivity index (χ0v) is 11.5. The molecule has 0 heterocycles. The van der Waals surface area contributed by atoms with Crippen molar-refractivity contribution >= 4 is 17.6 Å². The van der Waals surface area contributed by atoms with E-state index in [1.807, 2.05) is 19.1 Å². The molecule has 0 aromatic heterocycles. The fraction of sp³-hybridized carbons (Fsp3) is 0.467. The van der Waals surface area contributed by atoms with Gasteiger partial charge in [-0.3, -0.25) is 9.59 Å². The lowest BCUT2D eigenvalue weighted by atomic mass is 10.0. The number of rotatable bonds is 5. The van der Waals surface area contributed by atoms with Crippen molar-refractivity contribution in [1.82, 2.24) is 0 Å². The highest BCUT2D eigenvalue weighted by Gasteiger charge is 2.33.